The lowest BCUT2D eigenvalue weighted by Gasteiger charge is -2.45. The number of hydrogen-bond acceptors (Lipinski definition) is 3. The van der Waals surface area contributed by atoms with E-state index in [9.17, 15) is 0 Å². The maximum absolute atomic E-state index is 8.90. The van der Waals surface area contributed by atoms with Gasteiger partial charge in [0.05, 0.1) is 25.4 Å². The second kappa shape index (κ2) is 1.94. The minimum Gasteiger partial charge on any atom is -0.390 e. The normalized spacial score (nSPS) is 31.7. The van der Waals surface area contributed by atoms with E-state index in [1.54, 1.807) is 0 Å². The van der Waals surface area contributed by atoms with E-state index in [0.717, 1.165) is 26.3 Å². The number of likely N-dealkylation sites (tertiary alicyclic amines) is 1. The van der Waals surface area contributed by atoms with Crippen molar-refractivity contribution in [1.82, 2.24) is 4.90 Å². The molecule has 2 aliphatic heterocycles. The lowest BCUT2D eigenvalue weighted by atomic mass is 10.1. The summed E-state index contributed by atoms with van der Waals surface area (Å²) in [6.45, 7) is 3.45. The quantitative estimate of drug-likeness (QED) is 0.496. The summed E-state index contributed by atoms with van der Waals surface area (Å²) in [5.74, 6) is 0. The monoisotopic (exact) mass is 129 g/mol. The second-order valence-electron chi connectivity index (χ2n) is 2.80. The molecule has 0 radical (unpaired) electrons. The van der Waals surface area contributed by atoms with Crippen LogP contribution in [0.15, 0.2) is 0 Å². The molecule has 2 saturated heterocycles. The fourth-order valence-electron chi connectivity index (χ4n) is 1.22. The van der Waals surface area contributed by atoms with Crippen LogP contribution in [0, 0.1) is 0 Å². The minimum absolute atomic E-state index is 0.0643. The van der Waals surface area contributed by atoms with Gasteiger partial charge in [0.1, 0.15) is 0 Å². The van der Waals surface area contributed by atoms with Crippen LogP contribution < -0.4 is 0 Å². The van der Waals surface area contributed by atoms with Crippen LogP contribution in [0.5, 0.6) is 0 Å². The van der Waals surface area contributed by atoms with Crippen LogP contribution in [0.4, 0.5) is 0 Å². The summed E-state index contributed by atoms with van der Waals surface area (Å²) in [5, 5.41) is 8.90. The molecule has 0 atom stereocenters. The van der Waals surface area contributed by atoms with Gasteiger partial charge in [-0.25, -0.2) is 0 Å². The summed E-state index contributed by atoms with van der Waals surface area (Å²) in [7, 11) is 0. The van der Waals surface area contributed by atoms with Crippen molar-refractivity contribution in [3.05, 3.63) is 0 Å². The van der Waals surface area contributed by atoms with Gasteiger partial charge in [-0.05, 0) is 0 Å². The summed E-state index contributed by atoms with van der Waals surface area (Å²) in [5.41, 5.74) is 0. The first-order chi connectivity index (χ1) is 4.36. The number of aliphatic hydroxyl groups is 1. The molecule has 0 aliphatic carbocycles. The van der Waals surface area contributed by atoms with E-state index in [-0.39, 0.29) is 6.10 Å². The molecule has 0 spiro atoms. The molecule has 0 bridgehead atoms. The number of aliphatic hydroxyl groups excluding tert-OH is 1. The molecule has 3 heteroatoms. The topological polar surface area (TPSA) is 32.7 Å². The first kappa shape index (κ1) is 5.65. The molecule has 1 N–H and O–H groups in total. The summed E-state index contributed by atoms with van der Waals surface area (Å²) in [6.07, 6.45) is -0.0643. The molecule has 0 aromatic rings. The van der Waals surface area contributed by atoms with Crippen molar-refractivity contribution in [2.45, 2.75) is 12.1 Å². The van der Waals surface area contributed by atoms with Gasteiger partial charge in [-0.1, -0.05) is 0 Å². The van der Waals surface area contributed by atoms with Crippen molar-refractivity contribution < 1.29 is 9.84 Å². The third-order valence-corrected chi connectivity index (χ3v) is 2.03. The number of nitrogens with zero attached hydrogens (tertiary/aromatic N) is 1. The number of rotatable bonds is 1. The zero-order valence-corrected chi connectivity index (χ0v) is 5.29. The molecule has 0 unspecified atom stereocenters. The maximum Gasteiger partial charge on any atom is 0.0794 e. The lowest BCUT2D eigenvalue weighted by molar-refractivity contribution is -0.121. The van der Waals surface area contributed by atoms with Crippen molar-refractivity contribution in [1.29, 1.82) is 0 Å². The van der Waals surface area contributed by atoms with Crippen LogP contribution in [-0.4, -0.2) is 48.5 Å². The van der Waals surface area contributed by atoms with E-state index in [4.69, 9.17) is 9.84 Å². The predicted octanol–water partition coefficient (Wildman–Crippen LogP) is -0.938. The van der Waals surface area contributed by atoms with E-state index >= 15 is 0 Å². The highest BCUT2D eigenvalue weighted by Gasteiger charge is 2.34. The molecule has 0 aromatic carbocycles. The maximum atomic E-state index is 8.90. The Bertz CT molecular complexity index is 108. The first-order valence-corrected chi connectivity index (χ1v) is 3.36. The average molecular weight is 129 g/mol. The Hall–Kier alpha value is -0.120. The van der Waals surface area contributed by atoms with E-state index in [0.29, 0.717) is 6.04 Å². The Morgan fingerprint density at radius 3 is 2.33 bits per heavy atom. The molecular formula is C6H11NO2. The molecule has 0 aromatic heterocycles. The Morgan fingerprint density at radius 2 is 2.00 bits per heavy atom. The highest BCUT2D eigenvalue weighted by atomic mass is 16.5. The molecule has 0 amide bonds. The molecule has 2 rings (SSSR count). The first-order valence-electron chi connectivity index (χ1n) is 3.36. The fourth-order valence-corrected chi connectivity index (χ4v) is 1.22. The minimum atomic E-state index is -0.0643. The average Bonchev–Trinajstić information content (AvgIpc) is 1.57. The third-order valence-electron chi connectivity index (χ3n) is 2.03. The van der Waals surface area contributed by atoms with Gasteiger partial charge in [0.15, 0.2) is 0 Å². The largest absolute Gasteiger partial charge is 0.390 e. The Morgan fingerprint density at radius 1 is 1.33 bits per heavy atom. The highest BCUT2D eigenvalue weighted by Crippen LogP contribution is 2.17. The van der Waals surface area contributed by atoms with Crippen LogP contribution in [0.25, 0.3) is 0 Å². The van der Waals surface area contributed by atoms with Crippen LogP contribution in [0.1, 0.15) is 0 Å². The van der Waals surface area contributed by atoms with Crippen molar-refractivity contribution >= 4 is 0 Å². The van der Waals surface area contributed by atoms with Crippen LogP contribution in [0.3, 0.4) is 0 Å². The molecule has 0 saturated carbocycles. The summed E-state index contributed by atoms with van der Waals surface area (Å²) < 4.78 is 5.00. The van der Waals surface area contributed by atoms with E-state index < -0.39 is 0 Å². The smallest absolute Gasteiger partial charge is 0.0794 e. The van der Waals surface area contributed by atoms with Gasteiger partial charge < -0.3 is 9.84 Å². The predicted molar refractivity (Wildman–Crippen MR) is 32.2 cm³/mol. The molecular weight excluding hydrogens is 118 g/mol. The van der Waals surface area contributed by atoms with Crippen molar-refractivity contribution in [2.24, 2.45) is 0 Å². The molecule has 2 fully saturated rings. The fraction of sp³-hybridized carbons (Fsp3) is 1.00. The van der Waals surface area contributed by atoms with Crippen LogP contribution in [-0.2, 0) is 4.74 Å². The van der Waals surface area contributed by atoms with Crippen molar-refractivity contribution in [2.75, 3.05) is 26.3 Å². The Kier molecular flexibility index (Phi) is 1.22. The molecule has 9 heavy (non-hydrogen) atoms. The molecule has 2 aliphatic rings. The summed E-state index contributed by atoms with van der Waals surface area (Å²) in [6, 6.07) is 0.619. The number of β-amino-alcohol motifs (C(OH)–C–C–N with tert-alkyl or cyclic N) is 1. The van der Waals surface area contributed by atoms with E-state index in [1.807, 2.05) is 0 Å². The van der Waals surface area contributed by atoms with Gasteiger partial charge in [0, 0.05) is 13.1 Å². The van der Waals surface area contributed by atoms with E-state index in [1.165, 1.54) is 0 Å². The van der Waals surface area contributed by atoms with Gasteiger partial charge >= 0.3 is 0 Å². The van der Waals surface area contributed by atoms with Crippen molar-refractivity contribution in [3.8, 4) is 0 Å². The van der Waals surface area contributed by atoms with Crippen LogP contribution >= 0.6 is 0 Å². The Labute approximate surface area is 54.2 Å². The second-order valence-corrected chi connectivity index (χ2v) is 2.80. The van der Waals surface area contributed by atoms with E-state index in [2.05, 4.69) is 4.90 Å². The van der Waals surface area contributed by atoms with Crippen LogP contribution in [0.2, 0.25) is 0 Å². The zero-order chi connectivity index (χ0) is 6.27. The standard InChI is InChI=1S/C6H11NO2/c8-6-1-7(2-6)5-3-9-4-5/h5-6,8H,1-4H2. The highest BCUT2D eigenvalue weighted by molar-refractivity contribution is 4.87. The van der Waals surface area contributed by atoms with Gasteiger partial charge in [0.25, 0.3) is 0 Å². The summed E-state index contributed by atoms with van der Waals surface area (Å²) in [4.78, 5) is 2.26. The van der Waals surface area contributed by atoms with Gasteiger partial charge in [0.2, 0.25) is 0 Å². The number of ether oxygens (including phenoxy) is 1. The third kappa shape index (κ3) is 0.852. The molecule has 3 nitrogen and oxygen atoms in total. The van der Waals surface area contributed by atoms with Gasteiger partial charge in [-0.15, -0.1) is 0 Å². The van der Waals surface area contributed by atoms with Crippen molar-refractivity contribution in [3.63, 3.8) is 0 Å². The SMILES string of the molecule is OC1CN(C2COC2)C1. The molecule has 2 heterocycles. The lowest BCUT2D eigenvalue weighted by Crippen LogP contribution is -2.61. The molecule has 52 valence electrons. The Balaban J connectivity index is 1.75. The summed E-state index contributed by atoms with van der Waals surface area (Å²) >= 11 is 0. The zero-order valence-electron chi connectivity index (χ0n) is 5.29. The van der Waals surface area contributed by atoms with Gasteiger partial charge in [-0.2, -0.15) is 0 Å². The van der Waals surface area contributed by atoms with Gasteiger partial charge in [-0.3, -0.25) is 4.90 Å². The number of hydrogen-bond donors (Lipinski definition) is 1.